The zero-order chi connectivity index (χ0) is 53.2. The maximum atomic E-state index is 12.5. The summed E-state index contributed by atoms with van der Waals surface area (Å²) in [6.45, 7) is 1.21. The highest BCUT2D eigenvalue weighted by Gasteiger charge is 2.36. The van der Waals surface area contributed by atoms with Crippen LogP contribution >= 0.6 is 0 Å². The molecule has 0 amide bonds. The van der Waals surface area contributed by atoms with Crippen LogP contribution in [0.15, 0.2) is 12.2 Å². The Kier molecular flexibility index (Phi) is 55.1. The number of hydrogen-bond donors (Lipinski definition) is 2. The first-order valence-corrected chi connectivity index (χ1v) is 33.8. The fourth-order valence-corrected chi connectivity index (χ4v) is 11.3. The highest BCUT2D eigenvalue weighted by molar-refractivity contribution is 5.80. The van der Waals surface area contributed by atoms with Gasteiger partial charge >= 0.3 is 11.9 Å². The molecule has 0 aromatic rings. The van der Waals surface area contributed by atoms with Gasteiger partial charge in [0.25, 0.3) is 0 Å². The van der Waals surface area contributed by atoms with Crippen molar-refractivity contribution in [3.8, 4) is 0 Å². The molecule has 0 aromatic heterocycles. The summed E-state index contributed by atoms with van der Waals surface area (Å²) in [5.74, 6) is -1.41. The maximum absolute atomic E-state index is 12.5. The minimum absolute atomic E-state index is 0.00141. The normalized spacial score (nSPS) is 15.1. The van der Waals surface area contributed by atoms with E-state index in [0.29, 0.717) is 6.42 Å². The highest BCUT2D eigenvalue weighted by Crippen LogP contribution is 2.25. The number of allylic oxidation sites excluding steroid dienone is 2. The van der Waals surface area contributed by atoms with Gasteiger partial charge in [-0.1, -0.05) is 347 Å². The van der Waals surface area contributed by atoms with Gasteiger partial charge < -0.3 is 19.7 Å². The standard InChI is InChI=1S/C68H130O6/c1-2-3-4-5-6-7-8-9-10-11-12-13-14-15-16-17-18-19-20-21-22-23-24-25-26-27-28-29-30-31-32-33-34-35-36-37-38-39-40-41-42-43-44-45-46-47-48-49-50-51-52-53-54-55-56-57-58-59-65-60-66(71)73-63-68(61-69,62-70)64-74-67(65)72/h46-47,65,69-70H,2-45,48-64H2,1H3/b47-46+. The van der Waals surface area contributed by atoms with E-state index in [1.165, 1.54) is 334 Å². The third-order valence-electron chi connectivity index (χ3n) is 16.8. The number of aliphatic hydroxyl groups excluding tert-OH is 2. The Hall–Kier alpha value is -1.40. The number of carbonyl (C=O) groups excluding carboxylic acids is 2. The van der Waals surface area contributed by atoms with Crippen molar-refractivity contribution in [2.24, 2.45) is 11.3 Å². The van der Waals surface area contributed by atoms with E-state index in [1.807, 2.05) is 0 Å². The Bertz CT molecular complexity index is 1160. The molecule has 438 valence electrons. The second-order valence-corrected chi connectivity index (χ2v) is 24.2. The van der Waals surface area contributed by atoms with Gasteiger partial charge in [0.2, 0.25) is 0 Å². The summed E-state index contributed by atoms with van der Waals surface area (Å²) in [5.41, 5.74) is -1.13. The molecule has 6 nitrogen and oxygen atoms in total. The van der Waals surface area contributed by atoms with Crippen LogP contribution in [0.3, 0.4) is 0 Å². The van der Waals surface area contributed by atoms with Crippen LogP contribution in [0.4, 0.5) is 0 Å². The lowest BCUT2D eigenvalue weighted by Crippen LogP contribution is -2.40. The van der Waals surface area contributed by atoms with Crippen LogP contribution in [0.5, 0.6) is 0 Å². The van der Waals surface area contributed by atoms with Gasteiger partial charge in [-0.05, 0) is 32.1 Å². The molecular formula is C68H130O6. The first-order chi connectivity index (χ1) is 36.6. The Labute approximate surface area is 462 Å². The molecule has 0 aromatic carbocycles. The number of hydrogen-bond acceptors (Lipinski definition) is 6. The number of cyclic esters (lactones) is 2. The van der Waals surface area contributed by atoms with E-state index in [2.05, 4.69) is 19.1 Å². The maximum Gasteiger partial charge on any atom is 0.309 e. The van der Waals surface area contributed by atoms with E-state index in [0.717, 1.165) is 19.3 Å². The summed E-state index contributed by atoms with van der Waals surface area (Å²) in [4.78, 5) is 24.7. The highest BCUT2D eigenvalue weighted by atomic mass is 16.6. The molecule has 6 heteroatoms. The van der Waals surface area contributed by atoms with Crippen LogP contribution in [0.1, 0.15) is 373 Å². The van der Waals surface area contributed by atoms with Crippen molar-refractivity contribution in [2.45, 2.75) is 373 Å². The van der Waals surface area contributed by atoms with Gasteiger partial charge in [-0.15, -0.1) is 0 Å². The summed E-state index contributed by atoms with van der Waals surface area (Å²) in [6, 6.07) is 0. The average molecular weight is 1040 g/mol. The number of ether oxygens (including phenoxy) is 2. The summed E-state index contributed by atoms with van der Waals surface area (Å²) in [7, 11) is 0. The lowest BCUT2D eigenvalue weighted by atomic mass is 9.92. The molecule has 1 fully saturated rings. The van der Waals surface area contributed by atoms with E-state index >= 15 is 0 Å². The molecule has 74 heavy (non-hydrogen) atoms. The zero-order valence-electron chi connectivity index (χ0n) is 49.9. The fraction of sp³-hybridized carbons (Fsp3) is 0.941. The molecule has 1 heterocycles. The molecule has 1 aliphatic rings. The smallest absolute Gasteiger partial charge is 0.309 e. The number of aliphatic hydroxyl groups is 2. The molecule has 2 N–H and O–H groups in total. The number of rotatable bonds is 59. The van der Waals surface area contributed by atoms with E-state index in [9.17, 15) is 19.8 Å². The van der Waals surface area contributed by atoms with Crippen molar-refractivity contribution < 1.29 is 29.3 Å². The minimum Gasteiger partial charge on any atom is -0.465 e. The monoisotopic (exact) mass is 1040 g/mol. The van der Waals surface area contributed by atoms with Crippen molar-refractivity contribution in [3.63, 3.8) is 0 Å². The Morgan fingerprint density at radius 2 is 0.581 bits per heavy atom. The van der Waals surface area contributed by atoms with Crippen LogP contribution in [-0.2, 0) is 19.1 Å². The van der Waals surface area contributed by atoms with Crippen molar-refractivity contribution in [3.05, 3.63) is 12.2 Å². The molecule has 1 saturated heterocycles. The summed E-state index contributed by atoms with van der Waals surface area (Å²) in [6.07, 6.45) is 83.2. The van der Waals surface area contributed by atoms with Gasteiger partial charge in [0.15, 0.2) is 0 Å². The van der Waals surface area contributed by atoms with Crippen LogP contribution in [0.2, 0.25) is 0 Å². The van der Waals surface area contributed by atoms with Crippen LogP contribution < -0.4 is 0 Å². The molecule has 0 bridgehead atoms. The molecule has 0 radical (unpaired) electrons. The molecule has 1 atom stereocenters. The lowest BCUT2D eigenvalue weighted by Gasteiger charge is -2.27. The van der Waals surface area contributed by atoms with Gasteiger partial charge in [0.05, 0.1) is 31.0 Å². The molecule has 1 unspecified atom stereocenters. The van der Waals surface area contributed by atoms with Gasteiger partial charge in [-0.2, -0.15) is 0 Å². The topological polar surface area (TPSA) is 93.1 Å². The first-order valence-electron chi connectivity index (χ1n) is 33.8. The summed E-state index contributed by atoms with van der Waals surface area (Å²) >= 11 is 0. The Balaban J connectivity index is 1.67. The second kappa shape index (κ2) is 57.8. The van der Waals surface area contributed by atoms with Crippen molar-refractivity contribution in [1.29, 1.82) is 0 Å². The van der Waals surface area contributed by atoms with E-state index < -0.39 is 36.5 Å². The zero-order valence-corrected chi connectivity index (χ0v) is 49.9. The third kappa shape index (κ3) is 48.9. The van der Waals surface area contributed by atoms with Crippen molar-refractivity contribution in [1.82, 2.24) is 0 Å². The van der Waals surface area contributed by atoms with E-state index in [4.69, 9.17) is 9.47 Å². The second-order valence-electron chi connectivity index (χ2n) is 24.2. The van der Waals surface area contributed by atoms with E-state index in [1.54, 1.807) is 0 Å². The van der Waals surface area contributed by atoms with Crippen molar-refractivity contribution >= 4 is 11.9 Å². The number of unbranched alkanes of at least 4 members (excludes halogenated alkanes) is 53. The van der Waals surface area contributed by atoms with Crippen LogP contribution in [0, 0.1) is 11.3 Å². The largest absolute Gasteiger partial charge is 0.465 e. The fourth-order valence-electron chi connectivity index (χ4n) is 11.3. The van der Waals surface area contributed by atoms with Gasteiger partial charge in [0.1, 0.15) is 13.2 Å². The molecular weight excluding hydrogens is 913 g/mol. The van der Waals surface area contributed by atoms with Crippen LogP contribution in [-0.4, -0.2) is 48.6 Å². The van der Waals surface area contributed by atoms with Gasteiger partial charge in [-0.25, -0.2) is 0 Å². The van der Waals surface area contributed by atoms with Crippen LogP contribution in [0.25, 0.3) is 0 Å². The summed E-state index contributed by atoms with van der Waals surface area (Å²) < 4.78 is 10.6. The lowest BCUT2D eigenvalue weighted by molar-refractivity contribution is -0.155. The van der Waals surface area contributed by atoms with Gasteiger partial charge in [0, 0.05) is 0 Å². The predicted molar refractivity (Wildman–Crippen MR) is 320 cm³/mol. The number of esters is 2. The minimum atomic E-state index is -1.13. The Morgan fingerprint density at radius 3 is 0.838 bits per heavy atom. The average Bonchev–Trinajstić information content (AvgIpc) is 3.47. The molecule has 0 saturated carbocycles. The summed E-state index contributed by atoms with van der Waals surface area (Å²) in [5, 5.41) is 19.2. The van der Waals surface area contributed by atoms with E-state index in [-0.39, 0.29) is 19.6 Å². The SMILES string of the molecule is CCCCCCCCCCCCCCCCCCCCCCCCCCCCCCCCCCCCCCCCCCCCC/C=C/CCCCCCCCCCCCC1CC(=O)OCC(CO)(CO)COC1=O. The van der Waals surface area contributed by atoms with Crippen molar-refractivity contribution in [2.75, 3.05) is 26.4 Å². The first kappa shape index (κ1) is 70.6. The molecule has 1 rings (SSSR count). The third-order valence-corrected chi connectivity index (χ3v) is 16.8. The van der Waals surface area contributed by atoms with Gasteiger partial charge in [-0.3, -0.25) is 9.59 Å². The molecule has 0 aliphatic carbocycles. The Morgan fingerprint density at radius 1 is 0.351 bits per heavy atom. The molecule has 1 aliphatic heterocycles. The number of carbonyl (C=O) groups is 2. The molecule has 0 spiro atoms. The quantitative estimate of drug-likeness (QED) is 0.0358. The predicted octanol–water partition coefficient (Wildman–Crippen LogP) is 21.5.